The molecule has 7 heterocycles. The van der Waals surface area contributed by atoms with Gasteiger partial charge in [0, 0.05) is 54.8 Å². The van der Waals surface area contributed by atoms with E-state index in [9.17, 15) is 4.79 Å². The SMILES string of the molecule is O=C(O)C(c1ccsc1)c1ccsc1.[Si].c1ccc2c(c1)-c1nc-2nc2[nH]c(nc3nc(nc4[nH]c(n1)c1ccccc41)-c1ccccc1-3)c1ccccc21. The topological polar surface area (TPSA) is 146 Å². The van der Waals surface area contributed by atoms with Crippen LogP contribution >= 0.6 is 22.7 Å². The van der Waals surface area contributed by atoms with Crippen LogP contribution in [-0.2, 0) is 4.79 Å². The van der Waals surface area contributed by atoms with Gasteiger partial charge < -0.3 is 15.1 Å². The smallest absolute Gasteiger partial charge is 0.315 e. The molecule has 2 aliphatic rings. The van der Waals surface area contributed by atoms with E-state index in [1.54, 1.807) is 0 Å². The lowest BCUT2D eigenvalue weighted by Crippen LogP contribution is -2.11. The summed E-state index contributed by atoms with van der Waals surface area (Å²) in [7, 11) is 0. The van der Waals surface area contributed by atoms with Gasteiger partial charge in [-0.05, 0) is 44.8 Å². The number of nitrogens with zero attached hydrogens (tertiary/aromatic N) is 6. The summed E-state index contributed by atoms with van der Waals surface area (Å²) in [6.07, 6.45) is 0. The highest BCUT2D eigenvalue weighted by Crippen LogP contribution is 2.37. The maximum atomic E-state index is 11.1. The molecule has 2 aliphatic heterocycles. The predicted molar refractivity (Wildman–Crippen MR) is 220 cm³/mol. The molecule has 0 amide bonds. The molecule has 0 saturated heterocycles. The summed E-state index contributed by atoms with van der Waals surface area (Å²) in [5.74, 6) is 1.09. The molecule has 262 valence electrons. The minimum Gasteiger partial charge on any atom is -0.481 e. The minimum atomic E-state index is -0.790. The van der Waals surface area contributed by atoms with Crippen molar-refractivity contribution >= 4 is 83.7 Å². The first-order valence-corrected chi connectivity index (χ1v) is 18.9. The quantitative estimate of drug-likeness (QED) is 0.151. The Bertz CT molecular complexity index is 2710. The zero-order chi connectivity index (χ0) is 36.2. The first-order valence-electron chi connectivity index (χ1n) is 17.1. The van der Waals surface area contributed by atoms with Crippen LogP contribution < -0.4 is 0 Å². The van der Waals surface area contributed by atoms with Crippen molar-refractivity contribution in [1.29, 1.82) is 0 Å². The Morgan fingerprint density at radius 2 is 0.782 bits per heavy atom. The Hall–Kier alpha value is -6.67. The third-order valence-corrected chi connectivity index (χ3v) is 10.9. The molecule has 5 aromatic heterocycles. The van der Waals surface area contributed by atoms with Crippen molar-refractivity contribution in [2.45, 2.75) is 5.92 Å². The van der Waals surface area contributed by atoms with Gasteiger partial charge in [0.1, 0.15) is 28.5 Å². The van der Waals surface area contributed by atoms with E-state index >= 15 is 0 Å². The number of carbonyl (C=O) groups is 1. The Morgan fingerprint density at radius 3 is 1.05 bits per heavy atom. The second kappa shape index (κ2) is 14.0. The number of carboxylic acids is 1. The summed E-state index contributed by atoms with van der Waals surface area (Å²) in [6.45, 7) is 0. The van der Waals surface area contributed by atoms with Crippen LogP contribution in [0.4, 0.5) is 0 Å². The fourth-order valence-electron chi connectivity index (χ4n) is 6.95. The molecule has 13 heteroatoms. The fraction of sp³-hybridized carbons (Fsp3) is 0.0238. The molecular formula is C42H26N8O2S2Si. The number of benzene rings is 4. The number of thiophene rings is 2. The van der Waals surface area contributed by atoms with Gasteiger partial charge in [0.15, 0.2) is 23.3 Å². The molecule has 11 rings (SSSR count). The highest BCUT2D eigenvalue weighted by molar-refractivity contribution is 7.08. The standard InChI is InChI=1S/C32H18N8.C10H8O2S2.Si/c1-2-10-18-17(9-1)25-33-26(18)38-28-21-13-5-6-14-22(21)30(35-28)40-32-24-16-8-7-15-23(24)31(36-32)39-29-20-12-4-3-11-19(20)27(34-29)37-25;11-10(12)9(7-1-3-13-5-7)8-2-4-14-6-8;/h1-16H,(H2,33,34,35,36,37,38,39,40);1-6,9H,(H,11,12);. The summed E-state index contributed by atoms with van der Waals surface area (Å²) in [6, 6.07) is 36.0. The van der Waals surface area contributed by atoms with Crippen LogP contribution in [-0.4, -0.2) is 61.9 Å². The summed E-state index contributed by atoms with van der Waals surface area (Å²) in [4.78, 5) is 47.9. The van der Waals surface area contributed by atoms with Crippen molar-refractivity contribution in [3.8, 4) is 45.6 Å². The molecule has 0 unspecified atom stereocenters. The van der Waals surface area contributed by atoms with Crippen molar-refractivity contribution in [2.24, 2.45) is 0 Å². The number of aliphatic carboxylic acids is 1. The van der Waals surface area contributed by atoms with Gasteiger partial charge in [-0.25, -0.2) is 29.9 Å². The van der Waals surface area contributed by atoms with E-state index in [-0.39, 0.29) is 11.0 Å². The Balaban J connectivity index is 0.000000225. The van der Waals surface area contributed by atoms with Crippen LogP contribution in [0.1, 0.15) is 17.0 Å². The molecule has 3 N–H and O–H groups in total. The number of H-pyrrole nitrogens is 2. The van der Waals surface area contributed by atoms with E-state index < -0.39 is 11.9 Å². The van der Waals surface area contributed by atoms with Gasteiger partial charge in [0.25, 0.3) is 0 Å². The first-order chi connectivity index (χ1) is 26.6. The highest BCUT2D eigenvalue weighted by atomic mass is 32.1. The number of carboxylic acid groups (broad SMARTS) is 1. The van der Waals surface area contributed by atoms with E-state index in [0.717, 1.165) is 54.9 Å². The molecule has 4 radical (unpaired) electrons. The maximum absolute atomic E-state index is 11.1. The van der Waals surface area contributed by atoms with Gasteiger partial charge in [-0.2, -0.15) is 22.7 Å². The summed E-state index contributed by atoms with van der Waals surface area (Å²) in [5.41, 5.74) is 8.17. The van der Waals surface area contributed by atoms with E-state index in [2.05, 4.69) is 9.97 Å². The van der Waals surface area contributed by atoms with E-state index in [4.69, 9.17) is 35.0 Å². The molecule has 4 aromatic carbocycles. The van der Waals surface area contributed by atoms with E-state index in [0.29, 0.717) is 45.9 Å². The summed E-state index contributed by atoms with van der Waals surface area (Å²) in [5, 5.41) is 20.5. The van der Waals surface area contributed by atoms with Crippen molar-refractivity contribution in [2.75, 3.05) is 0 Å². The minimum absolute atomic E-state index is 0. The molecule has 0 atom stereocenters. The van der Waals surface area contributed by atoms with Crippen molar-refractivity contribution in [3.63, 3.8) is 0 Å². The van der Waals surface area contributed by atoms with Crippen molar-refractivity contribution in [1.82, 2.24) is 39.9 Å². The van der Waals surface area contributed by atoms with Gasteiger partial charge in [0.05, 0.1) is 0 Å². The molecule has 8 bridgehead atoms. The molecule has 9 aromatic rings. The van der Waals surface area contributed by atoms with Gasteiger partial charge in [-0.3, -0.25) is 4.79 Å². The summed E-state index contributed by atoms with van der Waals surface area (Å²) >= 11 is 3.05. The molecule has 0 fully saturated rings. The normalized spacial score (nSPS) is 11.4. The molecule has 55 heavy (non-hydrogen) atoms. The first kappa shape index (κ1) is 34.1. The Kier molecular flexibility index (Phi) is 8.65. The van der Waals surface area contributed by atoms with Crippen LogP contribution in [0.15, 0.2) is 131 Å². The van der Waals surface area contributed by atoms with Crippen LogP contribution in [0.3, 0.4) is 0 Å². The zero-order valence-electron chi connectivity index (χ0n) is 28.6. The van der Waals surface area contributed by atoms with Crippen LogP contribution in [0.5, 0.6) is 0 Å². The predicted octanol–water partition coefficient (Wildman–Crippen LogP) is 9.51. The molecular weight excluding hydrogens is 741 g/mol. The number of hydrogen-bond acceptors (Lipinski definition) is 9. The number of rotatable bonds is 3. The molecule has 10 nitrogen and oxygen atoms in total. The van der Waals surface area contributed by atoms with Gasteiger partial charge in [0.2, 0.25) is 0 Å². The molecule has 0 spiro atoms. The monoisotopic (exact) mass is 766 g/mol. The maximum Gasteiger partial charge on any atom is 0.315 e. The lowest BCUT2D eigenvalue weighted by Gasteiger charge is -2.07. The second-order valence-electron chi connectivity index (χ2n) is 12.7. The van der Waals surface area contributed by atoms with E-state index in [1.807, 2.05) is 131 Å². The number of hydrogen-bond donors (Lipinski definition) is 3. The van der Waals surface area contributed by atoms with Gasteiger partial charge >= 0.3 is 5.97 Å². The van der Waals surface area contributed by atoms with Gasteiger partial charge in [-0.15, -0.1) is 0 Å². The molecule has 0 aliphatic carbocycles. The lowest BCUT2D eigenvalue weighted by molar-refractivity contribution is -0.137. The third kappa shape index (κ3) is 6.00. The number of nitrogens with one attached hydrogen (secondary N) is 2. The zero-order valence-corrected chi connectivity index (χ0v) is 31.3. The highest BCUT2D eigenvalue weighted by Gasteiger charge is 2.23. The van der Waals surface area contributed by atoms with Crippen molar-refractivity contribution in [3.05, 3.63) is 142 Å². The number of aromatic amines is 2. The lowest BCUT2D eigenvalue weighted by atomic mass is 9.96. The van der Waals surface area contributed by atoms with Crippen LogP contribution in [0.25, 0.3) is 89.7 Å². The molecule has 0 saturated carbocycles. The van der Waals surface area contributed by atoms with Crippen LogP contribution in [0.2, 0.25) is 0 Å². The average molecular weight is 767 g/mol. The average Bonchev–Trinajstić information content (AvgIpc) is 4.07. The fourth-order valence-corrected chi connectivity index (χ4v) is 8.32. The number of aromatic nitrogens is 8. The van der Waals surface area contributed by atoms with Gasteiger partial charge in [-0.1, -0.05) is 97.1 Å². The summed E-state index contributed by atoms with van der Waals surface area (Å²) < 4.78 is 0. The second-order valence-corrected chi connectivity index (χ2v) is 14.2. The van der Waals surface area contributed by atoms with Crippen molar-refractivity contribution < 1.29 is 9.90 Å². The van der Waals surface area contributed by atoms with E-state index in [1.165, 1.54) is 22.7 Å². The third-order valence-electron chi connectivity index (χ3n) is 9.46. The Labute approximate surface area is 325 Å². The van der Waals surface area contributed by atoms with Crippen LogP contribution in [0, 0.1) is 0 Å². The Morgan fingerprint density at radius 1 is 0.473 bits per heavy atom. The largest absolute Gasteiger partial charge is 0.481 e. The number of fused-ring (bicyclic) bond motifs is 20.